The van der Waals surface area contributed by atoms with Crippen LogP contribution in [-0.4, -0.2) is 26.5 Å². The largest absolute Gasteiger partial charge is 0.493 e. The maximum absolute atomic E-state index is 13.7. The zero-order valence-corrected chi connectivity index (χ0v) is 18.5. The fraction of sp³-hybridized carbons (Fsp3) is 0.148. The Balaban J connectivity index is 1.65. The van der Waals surface area contributed by atoms with E-state index in [1.165, 1.54) is 9.69 Å². The van der Waals surface area contributed by atoms with Crippen LogP contribution in [0.5, 0.6) is 5.88 Å². The molecule has 33 heavy (non-hydrogen) atoms. The molecule has 1 N–H and O–H groups in total. The van der Waals surface area contributed by atoms with Crippen molar-refractivity contribution < 1.29 is 9.90 Å². The van der Waals surface area contributed by atoms with Gasteiger partial charge in [-0.3, -0.25) is 4.79 Å². The molecule has 1 aliphatic heterocycles. The highest BCUT2D eigenvalue weighted by Gasteiger charge is 2.43. The molecule has 164 valence electrons. The van der Waals surface area contributed by atoms with Gasteiger partial charge in [-0.05, 0) is 43.7 Å². The maximum atomic E-state index is 13.7. The molecule has 1 aromatic heterocycles. The van der Waals surface area contributed by atoms with E-state index in [-0.39, 0.29) is 11.8 Å². The van der Waals surface area contributed by atoms with E-state index in [1.807, 2.05) is 105 Å². The molecule has 2 heterocycles. The minimum Gasteiger partial charge on any atom is -0.493 e. The first kappa shape index (κ1) is 20.7. The van der Waals surface area contributed by atoms with E-state index in [4.69, 9.17) is 0 Å². The Hall–Kier alpha value is -4.19. The first-order valence-corrected chi connectivity index (χ1v) is 10.9. The van der Waals surface area contributed by atoms with Crippen LogP contribution in [0.25, 0.3) is 5.69 Å². The number of carbonyl (C=O) groups is 1. The Morgan fingerprint density at radius 2 is 1.36 bits per heavy atom. The number of anilines is 1. The number of hydrazone groups is 1. The molecule has 3 aromatic carbocycles. The Bertz CT molecular complexity index is 1310. The second kappa shape index (κ2) is 8.39. The van der Waals surface area contributed by atoms with E-state index in [0.717, 1.165) is 16.9 Å². The van der Waals surface area contributed by atoms with Gasteiger partial charge in [-0.15, -0.1) is 0 Å². The Labute approximate surface area is 192 Å². The number of aromatic hydroxyl groups is 1. The second-order valence-corrected chi connectivity index (χ2v) is 8.16. The lowest BCUT2D eigenvalue weighted by Gasteiger charge is -2.24. The molecule has 6 nitrogen and oxygen atoms in total. The van der Waals surface area contributed by atoms with Crippen LogP contribution in [0.2, 0.25) is 0 Å². The third-order valence-electron chi connectivity index (χ3n) is 6.07. The number of hydrogen-bond donors (Lipinski definition) is 1. The minimum atomic E-state index is -0.564. The first-order chi connectivity index (χ1) is 16.1. The van der Waals surface area contributed by atoms with E-state index in [2.05, 4.69) is 10.2 Å². The fourth-order valence-corrected chi connectivity index (χ4v) is 4.54. The van der Waals surface area contributed by atoms with E-state index in [1.54, 1.807) is 0 Å². The van der Waals surface area contributed by atoms with Gasteiger partial charge in [0.1, 0.15) is 0 Å². The van der Waals surface area contributed by atoms with Gasteiger partial charge in [0.15, 0.2) is 0 Å². The summed E-state index contributed by atoms with van der Waals surface area (Å²) >= 11 is 0. The van der Waals surface area contributed by atoms with Gasteiger partial charge in [0.2, 0.25) is 5.88 Å². The third kappa shape index (κ3) is 3.59. The lowest BCUT2D eigenvalue weighted by Crippen LogP contribution is -2.32. The highest BCUT2D eigenvalue weighted by molar-refractivity contribution is 6.15. The summed E-state index contributed by atoms with van der Waals surface area (Å²) in [6, 6.07) is 28.7. The normalized spacial score (nSPS) is 16.7. The highest BCUT2D eigenvalue weighted by atomic mass is 16.3. The molecule has 0 saturated heterocycles. The summed E-state index contributed by atoms with van der Waals surface area (Å²) in [6.07, 6.45) is 0. The maximum Gasteiger partial charge on any atom is 0.257 e. The van der Waals surface area contributed by atoms with Gasteiger partial charge in [-0.25, -0.2) is 9.69 Å². The van der Waals surface area contributed by atoms with Crippen LogP contribution in [0.3, 0.4) is 0 Å². The van der Waals surface area contributed by atoms with Crippen molar-refractivity contribution in [3.63, 3.8) is 0 Å². The number of rotatable bonds is 5. The number of carbonyl (C=O) groups excluding carboxylic acids is 1. The summed E-state index contributed by atoms with van der Waals surface area (Å²) in [5.74, 6) is -1.09. The Morgan fingerprint density at radius 3 is 1.97 bits per heavy atom. The molecule has 0 radical (unpaired) electrons. The predicted octanol–water partition coefficient (Wildman–Crippen LogP) is 5.06. The van der Waals surface area contributed by atoms with Crippen LogP contribution < -0.4 is 5.01 Å². The Kier molecular flexibility index (Phi) is 5.26. The summed E-state index contributed by atoms with van der Waals surface area (Å²) in [4.78, 5) is 13.7. The quantitative estimate of drug-likeness (QED) is 0.476. The van der Waals surface area contributed by atoms with Crippen LogP contribution in [0.15, 0.2) is 96.1 Å². The number of nitrogens with zero attached hydrogens (tertiary/aromatic N) is 4. The molecule has 5 rings (SSSR count). The lowest BCUT2D eigenvalue weighted by atomic mass is 9.78. The molecular formula is C27H24N4O2. The predicted molar refractivity (Wildman–Crippen MR) is 129 cm³/mol. The van der Waals surface area contributed by atoms with Crippen LogP contribution >= 0.6 is 0 Å². The summed E-state index contributed by atoms with van der Waals surface area (Å²) in [5, 5.41) is 22.0. The van der Waals surface area contributed by atoms with Gasteiger partial charge in [-0.1, -0.05) is 66.7 Å². The van der Waals surface area contributed by atoms with Crippen LogP contribution in [0.1, 0.15) is 29.7 Å². The number of aryl methyl sites for hydroxylation is 1. The molecule has 0 spiro atoms. The van der Waals surface area contributed by atoms with E-state index in [0.29, 0.717) is 17.0 Å². The van der Waals surface area contributed by atoms with Crippen molar-refractivity contribution in [2.45, 2.75) is 19.8 Å². The van der Waals surface area contributed by atoms with Crippen LogP contribution in [0, 0.1) is 12.8 Å². The second-order valence-electron chi connectivity index (χ2n) is 8.16. The molecule has 1 aliphatic rings. The monoisotopic (exact) mass is 436 g/mol. The average Bonchev–Trinajstić information content (AvgIpc) is 3.31. The molecule has 2 atom stereocenters. The van der Waals surface area contributed by atoms with E-state index < -0.39 is 11.8 Å². The number of benzene rings is 3. The van der Waals surface area contributed by atoms with Gasteiger partial charge >= 0.3 is 0 Å². The highest BCUT2D eigenvalue weighted by Crippen LogP contribution is 2.43. The summed E-state index contributed by atoms with van der Waals surface area (Å²) < 4.78 is 1.53. The summed E-state index contributed by atoms with van der Waals surface area (Å²) in [5.41, 5.74) is 4.40. The van der Waals surface area contributed by atoms with Crippen molar-refractivity contribution in [1.29, 1.82) is 0 Å². The molecule has 0 aliphatic carbocycles. The molecule has 4 aromatic rings. The molecule has 1 amide bonds. The van der Waals surface area contributed by atoms with E-state index >= 15 is 0 Å². The zero-order chi connectivity index (χ0) is 22.9. The molecule has 0 saturated carbocycles. The number of aromatic nitrogens is 2. The van der Waals surface area contributed by atoms with E-state index in [9.17, 15) is 9.90 Å². The number of hydrogen-bond acceptors (Lipinski definition) is 4. The minimum absolute atomic E-state index is 0.0336. The molecular weight excluding hydrogens is 412 g/mol. The first-order valence-electron chi connectivity index (χ1n) is 10.9. The van der Waals surface area contributed by atoms with Crippen LogP contribution in [-0.2, 0) is 4.79 Å². The third-order valence-corrected chi connectivity index (χ3v) is 6.07. The molecule has 0 bridgehead atoms. The molecule has 0 fully saturated rings. The molecule has 2 unspecified atom stereocenters. The van der Waals surface area contributed by atoms with Gasteiger partial charge in [0.05, 0.1) is 23.0 Å². The SMILES string of the molecule is CC1=NN(c2ccccc2)C(=O)C1C(c1ccccc1)c1c(C)nn(-c2ccccc2)c1O. The van der Waals surface area contributed by atoms with Gasteiger partial charge in [0, 0.05) is 17.2 Å². The topological polar surface area (TPSA) is 70.7 Å². The summed E-state index contributed by atoms with van der Waals surface area (Å²) in [7, 11) is 0. The van der Waals surface area contributed by atoms with Gasteiger partial charge in [0.25, 0.3) is 5.91 Å². The lowest BCUT2D eigenvalue weighted by molar-refractivity contribution is -0.120. The Morgan fingerprint density at radius 1 is 0.818 bits per heavy atom. The smallest absolute Gasteiger partial charge is 0.257 e. The van der Waals surface area contributed by atoms with Gasteiger partial charge < -0.3 is 5.11 Å². The standard InChI is InChI=1S/C27H24N4O2/c1-18-23(26(32)30(28-18)21-14-8-4-9-15-21)25(20-12-6-3-7-13-20)24-19(2)29-31(27(24)33)22-16-10-5-11-17-22/h3-17,23,25,33H,1-2H3. The van der Waals surface area contributed by atoms with Crippen molar-refractivity contribution in [2.24, 2.45) is 11.0 Å². The number of amides is 1. The summed E-state index contributed by atoms with van der Waals surface area (Å²) in [6.45, 7) is 3.74. The van der Waals surface area contributed by atoms with Crippen molar-refractivity contribution in [2.75, 3.05) is 5.01 Å². The van der Waals surface area contributed by atoms with Crippen molar-refractivity contribution in [3.8, 4) is 11.6 Å². The van der Waals surface area contributed by atoms with Crippen molar-refractivity contribution in [1.82, 2.24) is 9.78 Å². The zero-order valence-electron chi connectivity index (χ0n) is 18.5. The molecule has 6 heteroatoms. The number of para-hydroxylation sites is 2. The average molecular weight is 437 g/mol. The van der Waals surface area contributed by atoms with Crippen molar-refractivity contribution >= 4 is 17.3 Å². The fourth-order valence-electron chi connectivity index (χ4n) is 4.54. The van der Waals surface area contributed by atoms with Crippen LogP contribution in [0.4, 0.5) is 5.69 Å². The van der Waals surface area contributed by atoms with Crippen molar-refractivity contribution in [3.05, 3.63) is 108 Å². The van der Waals surface area contributed by atoms with Gasteiger partial charge in [-0.2, -0.15) is 10.2 Å².